The third-order valence-electron chi connectivity index (χ3n) is 5.32. The average molecular weight is 289 g/mol. The summed E-state index contributed by atoms with van der Waals surface area (Å²) in [5.74, 6) is 1.75. The zero-order valence-electron chi connectivity index (χ0n) is 13.1. The first-order valence-electron chi connectivity index (χ1n) is 8.33. The smallest absolute Gasteiger partial charge is 0.161 e. The Morgan fingerprint density at radius 1 is 1.10 bits per heavy atom. The van der Waals surface area contributed by atoms with E-state index in [9.17, 15) is 0 Å². The molecule has 0 aliphatic heterocycles. The van der Waals surface area contributed by atoms with Gasteiger partial charge in [-0.3, -0.25) is 0 Å². The molecule has 0 radical (unpaired) electrons. The van der Waals surface area contributed by atoms with Crippen molar-refractivity contribution in [3.05, 3.63) is 23.8 Å². The lowest BCUT2D eigenvalue weighted by atomic mass is 9.79. The van der Waals surface area contributed by atoms with E-state index < -0.39 is 0 Å². The second kappa shape index (κ2) is 6.27. The number of hydrogen-bond acceptors (Lipinski definition) is 3. The lowest BCUT2D eigenvalue weighted by Crippen LogP contribution is -2.32. The highest BCUT2D eigenvalue weighted by Gasteiger charge is 2.35. The molecule has 2 fully saturated rings. The summed E-state index contributed by atoms with van der Waals surface area (Å²) in [4.78, 5) is 0. The number of methoxy groups -OCH3 is 1. The standard InChI is InChI=1S/C18H27NO2/c1-20-16-9-8-14(18(13-19)10-4-5-11-18)12-17(16)21-15-6-2-3-7-15/h8-9,12,15H,2-7,10-11,13,19H2,1H3. The van der Waals surface area contributed by atoms with E-state index in [-0.39, 0.29) is 5.41 Å². The van der Waals surface area contributed by atoms with Crippen LogP contribution in [0, 0.1) is 0 Å². The van der Waals surface area contributed by atoms with E-state index in [1.807, 2.05) is 0 Å². The Bertz CT molecular complexity index is 474. The van der Waals surface area contributed by atoms with E-state index in [4.69, 9.17) is 15.2 Å². The molecule has 0 heterocycles. The fourth-order valence-corrected chi connectivity index (χ4v) is 3.95. The molecular formula is C18H27NO2. The lowest BCUT2D eigenvalue weighted by Gasteiger charge is -2.29. The van der Waals surface area contributed by atoms with E-state index in [0.717, 1.165) is 30.9 Å². The molecular weight excluding hydrogens is 262 g/mol. The van der Waals surface area contributed by atoms with E-state index in [1.165, 1.54) is 44.1 Å². The first-order chi connectivity index (χ1) is 10.3. The molecule has 3 nitrogen and oxygen atoms in total. The van der Waals surface area contributed by atoms with Gasteiger partial charge < -0.3 is 15.2 Å². The van der Waals surface area contributed by atoms with Crippen LogP contribution in [0.15, 0.2) is 18.2 Å². The van der Waals surface area contributed by atoms with Crippen LogP contribution >= 0.6 is 0 Å². The summed E-state index contributed by atoms with van der Waals surface area (Å²) in [6.07, 6.45) is 10.2. The highest BCUT2D eigenvalue weighted by atomic mass is 16.5. The minimum absolute atomic E-state index is 0.153. The zero-order chi connectivity index (χ0) is 14.7. The van der Waals surface area contributed by atoms with Gasteiger partial charge in [0.15, 0.2) is 11.5 Å². The van der Waals surface area contributed by atoms with Crippen molar-refractivity contribution < 1.29 is 9.47 Å². The summed E-state index contributed by atoms with van der Waals surface area (Å²) in [7, 11) is 1.71. The van der Waals surface area contributed by atoms with Crippen LogP contribution in [0.5, 0.6) is 11.5 Å². The Labute approximate surface area is 127 Å². The average Bonchev–Trinajstić information content (AvgIpc) is 3.19. The van der Waals surface area contributed by atoms with Crippen molar-refractivity contribution in [3.8, 4) is 11.5 Å². The summed E-state index contributed by atoms with van der Waals surface area (Å²) in [5, 5.41) is 0. The zero-order valence-corrected chi connectivity index (χ0v) is 13.1. The highest BCUT2D eigenvalue weighted by molar-refractivity contribution is 5.46. The molecule has 3 heteroatoms. The summed E-state index contributed by atoms with van der Waals surface area (Å²) >= 11 is 0. The van der Waals surface area contributed by atoms with Crippen molar-refractivity contribution in [2.45, 2.75) is 62.9 Å². The predicted octanol–water partition coefficient (Wildman–Crippen LogP) is 3.79. The molecule has 0 atom stereocenters. The van der Waals surface area contributed by atoms with Gasteiger partial charge in [0.2, 0.25) is 0 Å². The van der Waals surface area contributed by atoms with Crippen molar-refractivity contribution >= 4 is 0 Å². The van der Waals surface area contributed by atoms with Crippen LogP contribution in [-0.2, 0) is 5.41 Å². The number of ether oxygens (including phenoxy) is 2. The molecule has 21 heavy (non-hydrogen) atoms. The maximum absolute atomic E-state index is 6.22. The first-order valence-corrected chi connectivity index (χ1v) is 8.33. The Hall–Kier alpha value is -1.22. The maximum atomic E-state index is 6.22. The molecule has 2 aliphatic carbocycles. The Morgan fingerprint density at radius 2 is 1.81 bits per heavy atom. The molecule has 0 amide bonds. The van der Waals surface area contributed by atoms with Gasteiger partial charge in [-0.25, -0.2) is 0 Å². The van der Waals surface area contributed by atoms with Crippen LogP contribution in [0.4, 0.5) is 0 Å². The molecule has 2 saturated carbocycles. The Kier molecular flexibility index (Phi) is 4.39. The molecule has 0 bridgehead atoms. The third-order valence-corrected chi connectivity index (χ3v) is 5.32. The number of benzene rings is 1. The molecule has 0 unspecified atom stereocenters. The van der Waals surface area contributed by atoms with Crippen molar-refractivity contribution in [2.24, 2.45) is 5.73 Å². The van der Waals surface area contributed by atoms with Gasteiger partial charge in [-0.1, -0.05) is 18.9 Å². The fraction of sp³-hybridized carbons (Fsp3) is 0.667. The lowest BCUT2D eigenvalue weighted by molar-refractivity contribution is 0.200. The molecule has 116 valence electrons. The molecule has 2 N–H and O–H groups in total. The molecule has 1 aromatic rings. The second-order valence-electron chi connectivity index (χ2n) is 6.58. The predicted molar refractivity (Wildman–Crippen MR) is 85.1 cm³/mol. The maximum Gasteiger partial charge on any atom is 0.161 e. The van der Waals surface area contributed by atoms with Crippen LogP contribution in [0.25, 0.3) is 0 Å². The normalized spacial score (nSPS) is 21.6. The number of hydrogen-bond donors (Lipinski definition) is 1. The number of nitrogens with two attached hydrogens (primary N) is 1. The van der Waals surface area contributed by atoms with Crippen molar-refractivity contribution in [1.29, 1.82) is 0 Å². The fourth-order valence-electron chi connectivity index (χ4n) is 3.95. The quantitative estimate of drug-likeness (QED) is 0.897. The Morgan fingerprint density at radius 3 is 2.43 bits per heavy atom. The molecule has 0 spiro atoms. The summed E-state index contributed by atoms with van der Waals surface area (Å²) < 4.78 is 11.7. The second-order valence-corrected chi connectivity index (χ2v) is 6.58. The molecule has 0 saturated heterocycles. The third kappa shape index (κ3) is 2.89. The van der Waals surface area contributed by atoms with Gasteiger partial charge >= 0.3 is 0 Å². The van der Waals surface area contributed by atoms with Crippen LogP contribution in [0.2, 0.25) is 0 Å². The van der Waals surface area contributed by atoms with Crippen LogP contribution in [-0.4, -0.2) is 19.8 Å². The van der Waals surface area contributed by atoms with Gasteiger partial charge in [-0.2, -0.15) is 0 Å². The highest BCUT2D eigenvalue weighted by Crippen LogP contribution is 2.43. The summed E-state index contributed by atoms with van der Waals surface area (Å²) in [6, 6.07) is 6.42. The molecule has 1 aromatic carbocycles. The molecule has 3 rings (SSSR count). The van der Waals surface area contributed by atoms with E-state index >= 15 is 0 Å². The topological polar surface area (TPSA) is 44.5 Å². The van der Waals surface area contributed by atoms with E-state index in [2.05, 4.69) is 18.2 Å². The van der Waals surface area contributed by atoms with Gasteiger partial charge in [0, 0.05) is 12.0 Å². The van der Waals surface area contributed by atoms with Crippen molar-refractivity contribution in [2.75, 3.05) is 13.7 Å². The minimum Gasteiger partial charge on any atom is -0.493 e. The van der Waals surface area contributed by atoms with Crippen molar-refractivity contribution in [3.63, 3.8) is 0 Å². The minimum atomic E-state index is 0.153. The SMILES string of the molecule is COc1ccc(C2(CN)CCCC2)cc1OC1CCCC1. The van der Waals surface area contributed by atoms with Gasteiger partial charge in [-0.05, 0) is 56.2 Å². The first kappa shape index (κ1) is 14.7. The summed E-state index contributed by atoms with van der Waals surface area (Å²) in [6.45, 7) is 0.724. The van der Waals surface area contributed by atoms with Gasteiger partial charge in [0.1, 0.15) is 0 Å². The summed E-state index contributed by atoms with van der Waals surface area (Å²) in [5.41, 5.74) is 7.60. The van der Waals surface area contributed by atoms with E-state index in [1.54, 1.807) is 7.11 Å². The van der Waals surface area contributed by atoms with Gasteiger partial charge in [-0.15, -0.1) is 0 Å². The van der Waals surface area contributed by atoms with E-state index in [0.29, 0.717) is 6.10 Å². The van der Waals surface area contributed by atoms with Crippen LogP contribution < -0.4 is 15.2 Å². The largest absolute Gasteiger partial charge is 0.493 e. The molecule has 2 aliphatic rings. The Balaban J connectivity index is 1.88. The van der Waals surface area contributed by atoms with Gasteiger partial charge in [0.25, 0.3) is 0 Å². The van der Waals surface area contributed by atoms with Crippen molar-refractivity contribution in [1.82, 2.24) is 0 Å². The monoisotopic (exact) mass is 289 g/mol. The van der Waals surface area contributed by atoms with Crippen LogP contribution in [0.1, 0.15) is 56.9 Å². The van der Waals surface area contributed by atoms with Crippen LogP contribution in [0.3, 0.4) is 0 Å². The molecule has 0 aromatic heterocycles. The number of rotatable bonds is 5. The van der Waals surface area contributed by atoms with Gasteiger partial charge in [0.05, 0.1) is 13.2 Å².